The van der Waals surface area contributed by atoms with Crippen LogP contribution in [0, 0.1) is 0 Å². The Morgan fingerprint density at radius 1 is 0.276 bits per heavy atom. The largest absolute Gasteiger partial charge is 0.462 e. The average molecular weight is 1060 g/mol. The minimum absolute atomic E-state index is 0.102. The van der Waals surface area contributed by atoms with Gasteiger partial charge in [-0.3, -0.25) is 14.4 Å². The maximum atomic E-state index is 12.9. The van der Waals surface area contributed by atoms with Gasteiger partial charge in [-0.15, -0.1) is 0 Å². The molecule has 0 aromatic carbocycles. The van der Waals surface area contributed by atoms with E-state index in [1.807, 2.05) is 6.08 Å². The van der Waals surface area contributed by atoms with Gasteiger partial charge >= 0.3 is 17.9 Å². The zero-order valence-corrected chi connectivity index (χ0v) is 50.3. The molecule has 0 saturated carbocycles. The van der Waals surface area contributed by atoms with Crippen LogP contribution in [-0.4, -0.2) is 37.2 Å². The Labute approximate surface area is 471 Å². The molecule has 0 rings (SSSR count). The smallest absolute Gasteiger partial charge is 0.306 e. The molecule has 0 radical (unpaired) electrons. The fraction of sp³-hybridized carbons (Fsp3) is 0.757. The Morgan fingerprint density at radius 2 is 0.539 bits per heavy atom. The highest BCUT2D eigenvalue weighted by molar-refractivity contribution is 5.71. The molecule has 0 amide bonds. The number of rotatable bonds is 59. The molecule has 6 heteroatoms. The number of hydrogen-bond acceptors (Lipinski definition) is 6. The summed E-state index contributed by atoms with van der Waals surface area (Å²) < 4.78 is 16.8. The summed E-state index contributed by atoms with van der Waals surface area (Å²) in [6.45, 7) is 6.46. The van der Waals surface area contributed by atoms with Gasteiger partial charge in [-0.1, -0.05) is 286 Å². The van der Waals surface area contributed by atoms with E-state index < -0.39 is 6.10 Å². The van der Waals surface area contributed by atoms with Gasteiger partial charge < -0.3 is 14.2 Å². The standard InChI is InChI=1S/C70H122O6/c1-4-7-10-13-16-19-22-25-27-29-30-31-32-33-34-35-36-37-38-39-40-41-43-45-48-51-54-57-60-63-69(72)75-66-67(65-74-68(71)62-59-56-53-50-47-44-24-21-18-15-12-9-6-3)76-70(73)64-61-58-55-52-49-46-42-28-26-23-20-17-14-11-8-5-2/h9,12,18,20-21,23,28-30,42,44,47,53,56,67H,4-8,10-11,13-17,19,22,24-27,31-41,43,45-46,48-52,54-55,57-66H2,1-3H3/b12-9-,21-18-,23-20-,30-29-,42-28-,47-44-,56-53-. The number of allylic oxidation sites excluding steroid dienone is 14. The molecule has 0 aromatic rings. The van der Waals surface area contributed by atoms with Gasteiger partial charge in [0.1, 0.15) is 13.2 Å². The minimum Gasteiger partial charge on any atom is -0.462 e. The van der Waals surface area contributed by atoms with Crippen molar-refractivity contribution in [3.05, 3.63) is 85.1 Å². The first-order valence-corrected chi connectivity index (χ1v) is 32.6. The van der Waals surface area contributed by atoms with Crippen molar-refractivity contribution in [3.8, 4) is 0 Å². The van der Waals surface area contributed by atoms with Gasteiger partial charge in [-0.05, 0) is 103 Å². The SMILES string of the molecule is CC/C=C\C/C=C\C/C=C\C/C=C\CCC(=O)OCC(COC(=O)CCCCCCCCCCCCCCCCCCC/C=C\CCCCCCCCCC)OC(=O)CCCCCCC/C=C\C/C=C\CCCCCC. The summed E-state index contributed by atoms with van der Waals surface area (Å²) in [6.07, 6.45) is 84.8. The zero-order valence-electron chi connectivity index (χ0n) is 50.3. The van der Waals surface area contributed by atoms with Crippen LogP contribution in [0.4, 0.5) is 0 Å². The normalized spacial score (nSPS) is 12.6. The molecule has 76 heavy (non-hydrogen) atoms. The highest BCUT2D eigenvalue weighted by atomic mass is 16.6. The first kappa shape index (κ1) is 72.6. The second kappa shape index (κ2) is 64.1. The van der Waals surface area contributed by atoms with E-state index in [2.05, 4.69) is 99.8 Å². The lowest BCUT2D eigenvalue weighted by Crippen LogP contribution is -2.30. The van der Waals surface area contributed by atoms with Gasteiger partial charge in [0.05, 0.1) is 0 Å². The fourth-order valence-corrected chi connectivity index (χ4v) is 9.25. The highest BCUT2D eigenvalue weighted by Crippen LogP contribution is 2.17. The van der Waals surface area contributed by atoms with E-state index in [1.165, 1.54) is 186 Å². The summed E-state index contributed by atoms with van der Waals surface area (Å²) in [6, 6.07) is 0. The number of carbonyl (C=O) groups is 3. The van der Waals surface area contributed by atoms with E-state index >= 15 is 0 Å². The van der Waals surface area contributed by atoms with Crippen LogP contribution in [0.5, 0.6) is 0 Å². The molecule has 0 aromatic heterocycles. The zero-order chi connectivity index (χ0) is 55.0. The lowest BCUT2D eigenvalue weighted by Gasteiger charge is -2.18. The molecule has 6 nitrogen and oxygen atoms in total. The number of esters is 3. The number of hydrogen-bond donors (Lipinski definition) is 0. The van der Waals surface area contributed by atoms with Crippen molar-refractivity contribution in [3.63, 3.8) is 0 Å². The maximum absolute atomic E-state index is 12.9. The minimum atomic E-state index is -0.813. The molecule has 0 bridgehead atoms. The third kappa shape index (κ3) is 61.4. The number of carbonyl (C=O) groups excluding carboxylic acids is 3. The summed E-state index contributed by atoms with van der Waals surface area (Å²) in [5.41, 5.74) is 0. The molecule has 438 valence electrons. The van der Waals surface area contributed by atoms with E-state index in [9.17, 15) is 14.4 Å². The number of ether oxygens (including phenoxy) is 3. The number of unbranched alkanes of at least 4 members (excludes halogenated alkanes) is 34. The molecular weight excluding hydrogens is 937 g/mol. The lowest BCUT2D eigenvalue weighted by atomic mass is 10.0. The molecule has 0 aliphatic heterocycles. The highest BCUT2D eigenvalue weighted by Gasteiger charge is 2.19. The third-order valence-electron chi connectivity index (χ3n) is 14.1. The van der Waals surface area contributed by atoms with Gasteiger partial charge in [-0.25, -0.2) is 0 Å². The molecule has 1 unspecified atom stereocenters. The Morgan fingerprint density at radius 3 is 0.908 bits per heavy atom. The van der Waals surface area contributed by atoms with Crippen molar-refractivity contribution in [2.24, 2.45) is 0 Å². The van der Waals surface area contributed by atoms with Crippen molar-refractivity contribution in [2.75, 3.05) is 13.2 Å². The molecule has 0 aliphatic rings. The first-order valence-electron chi connectivity index (χ1n) is 32.6. The van der Waals surface area contributed by atoms with Crippen LogP contribution < -0.4 is 0 Å². The van der Waals surface area contributed by atoms with Crippen molar-refractivity contribution >= 4 is 17.9 Å². The molecule has 0 heterocycles. The average Bonchev–Trinajstić information content (AvgIpc) is 3.42. The quantitative estimate of drug-likeness (QED) is 0.0261. The van der Waals surface area contributed by atoms with Crippen LogP contribution >= 0.6 is 0 Å². The summed E-state index contributed by atoms with van der Waals surface area (Å²) in [4.78, 5) is 38.2. The van der Waals surface area contributed by atoms with Crippen molar-refractivity contribution in [1.82, 2.24) is 0 Å². The third-order valence-corrected chi connectivity index (χ3v) is 14.1. The van der Waals surface area contributed by atoms with Crippen molar-refractivity contribution in [2.45, 2.75) is 329 Å². The summed E-state index contributed by atoms with van der Waals surface area (Å²) in [7, 11) is 0. The molecule has 1 atom stereocenters. The summed E-state index contributed by atoms with van der Waals surface area (Å²) in [5, 5.41) is 0. The predicted octanol–water partition coefficient (Wildman–Crippen LogP) is 22.3. The molecule has 0 aliphatic carbocycles. The van der Waals surface area contributed by atoms with Gasteiger partial charge in [0.15, 0.2) is 6.10 Å². The van der Waals surface area contributed by atoms with E-state index in [4.69, 9.17) is 14.2 Å². The maximum Gasteiger partial charge on any atom is 0.306 e. The fourth-order valence-electron chi connectivity index (χ4n) is 9.25. The second-order valence-corrected chi connectivity index (χ2v) is 21.6. The van der Waals surface area contributed by atoms with E-state index in [-0.39, 0.29) is 37.5 Å². The molecular formula is C70H122O6. The van der Waals surface area contributed by atoms with Crippen LogP contribution in [0.3, 0.4) is 0 Å². The van der Waals surface area contributed by atoms with Crippen LogP contribution in [0.2, 0.25) is 0 Å². The molecule has 0 saturated heterocycles. The Balaban J connectivity index is 4.24. The second-order valence-electron chi connectivity index (χ2n) is 21.6. The lowest BCUT2D eigenvalue weighted by molar-refractivity contribution is -0.166. The Hall–Kier alpha value is -3.41. The van der Waals surface area contributed by atoms with E-state index in [1.54, 1.807) is 0 Å². The van der Waals surface area contributed by atoms with Crippen LogP contribution in [-0.2, 0) is 28.6 Å². The van der Waals surface area contributed by atoms with Crippen LogP contribution in [0.25, 0.3) is 0 Å². The van der Waals surface area contributed by atoms with Crippen LogP contribution in [0.1, 0.15) is 323 Å². The van der Waals surface area contributed by atoms with Gasteiger partial charge in [0, 0.05) is 19.3 Å². The molecule has 0 fully saturated rings. The topological polar surface area (TPSA) is 78.9 Å². The van der Waals surface area contributed by atoms with E-state index in [0.29, 0.717) is 19.3 Å². The van der Waals surface area contributed by atoms with Crippen LogP contribution in [0.15, 0.2) is 85.1 Å². The van der Waals surface area contributed by atoms with Crippen molar-refractivity contribution < 1.29 is 28.6 Å². The van der Waals surface area contributed by atoms with Gasteiger partial charge in [-0.2, -0.15) is 0 Å². The van der Waals surface area contributed by atoms with E-state index in [0.717, 1.165) is 89.9 Å². The monoisotopic (exact) mass is 1060 g/mol. The van der Waals surface area contributed by atoms with Gasteiger partial charge in [0.25, 0.3) is 0 Å². The first-order chi connectivity index (χ1) is 37.5. The summed E-state index contributed by atoms with van der Waals surface area (Å²) >= 11 is 0. The molecule has 0 spiro atoms. The van der Waals surface area contributed by atoms with Crippen molar-refractivity contribution in [1.29, 1.82) is 0 Å². The molecule has 0 N–H and O–H groups in total. The Bertz CT molecular complexity index is 1450. The van der Waals surface area contributed by atoms with Gasteiger partial charge in [0.2, 0.25) is 0 Å². The predicted molar refractivity (Wildman–Crippen MR) is 330 cm³/mol. The summed E-state index contributed by atoms with van der Waals surface area (Å²) in [5.74, 6) is -0.991. The Kier molecular flexibility index (Phi) is 61.2.